The van der Waals surface area contributed by atoms with Gasteiger partial charge in [0, 0.05) is 29.8 Å². The zero-order valence-corrected chi connectivity index (χ0v) is 13.1. The maximum atomic E-state index is 12.3. The average molecular weight is 310 g/mol. The van der Waals surface area contributed by atoms with Crippen LogP contribution in [0.25, 0.3) is 0 Å². The minimum Gasteiger partial charge on any atom is -0.352 e. The number of anilines is 1. The van der Waals surface area contributed by atoms with E-state index in [0.717, 1.165) is 12.1 Å². The lowest BCUT2D eigenvalue weighted by Gasteiger charge is -2.19. The maximum Gasteiger partial charge on any atom is 0.325 e. The molecule has 1 unspecified atom stereocenters. The SMILES string of the molecule is CCC(C)NC(=O)CN1CCN(c2cccc(Cl)c2)C1=O. The summed E-state index contributed by atoms with van der Waals surface area (Å²) < 4.78 is 0. The van der Waals surface area contributed by atoms with Crippen molar-refractivity contribution in [1.82, 2.24) is 10.2 Å². The van der Waals surface area contributed by atoms with E-state index in [1.807, 2.05) is 26.0 Å². The van der Waals surface area contributed by atoms with Crippen LogP contribution in [0, 0.1) is 0 Å². The van der Waals surface area contributed by atoms with Gasteiger partial charge in [0.2, 0.25) is 5.91 Å². The highest BCUT2D eigenvalue weighted by atomic mass is 35.5. The summed E-state index contributed by atoms with van der Waals surface area (Å²) in [5, 5.41) is 3.46. The lowest BCUT2D eigenvalue weighted by molar-refractivity contribution is -0.122. The van der Waals surface area contributed by atoms with E-state index in [0.29, 0.717) is 18.1 Å². The molecule has 0 bridgehead atoms. The summed E-state index contributed by atoms with van der Waals surface area (Å²) in [5.41, 5.74) is 0.761. The highest BCUT2D eigenvalue weighted by molar-refractivity contribution is 6.30. The second-order valence-electron chi connectivity index (χ2n) is 5.21. The molecule has 5 nitrogen and oxygen atoms in total. The van der Waals surface area contributed by atoms with E-state index in [9.17, 15) is 9.59 Å². The van der Waals surface area contributed by atoms with Crippen molar-refractivity contribution in [3.05, 3.63) is 29.3 Å². The molecule has 1 aromatic carbocycles. The van der Waals surface area contributed by atoms with Crippen molar-refractivity contribution in [2.45, 2.75) is 26.3 Å². The highest BCUT2D eigenvalue weighted by Crippen LogP contribution is 2.23. The highest BCUT2D eigenvalue weighted by Gasteiger charge is 2.30. The van der Waals surface area contributed by atoms with Crippen LogP contribution in [0.5, 0.6) is 0 Å². The Balaban J connectivity index is 1.97. The lowest BCUT2D eigenvalue weighted by atomic mass is 10.2. The first-order valence-electron chi connectivity index (χ1n) is 7.12. The number of hydrogen-bond acceptors (Lipinski definition) is 2. The van der Waals surface area contributed by atoms with Crippen molar-refractivity contribution in [1.29, 1.82) is 0 Å². The van der Waals surface area contributed by atoms with Gasteiger partial charge in [0.25, 0.3) is 0 Å². The number of benzene rings is 1. The van der Waals surface area contributed by atoms with Gasteiger partial charge in [-0.2, -0.15) is 0 Å². The quantitative estimate of drug-likeness (QED) is 0.908. The Morgan fingerprint density at radius 1 is 1.43 bits per heavy atom. The standard InChI is InChI=1S/C15H20ClN3O2/c1-3-11(2)17-14(20)10-18-7-8-19(15(18)21)13-6-4-5-12(16)9-13/h4-6,9,11H,3,7-8,10H2,1-2H3,(H,17,20). The summed E-state index contributed by atoms with van der Waals surface area (Å²) in [4.78, 5) is 27.4. The molecule has 1 N–H and O–H groups in total. The van der Waals surface area contributed by atoms with Gasteiger partial charge in [-0.05, 0) is 31.5 Å². The van der Waals surface area contributed by atoms with Crippen LogP contribution < -0.4 is 10.2 Å². The molecule has 0 radical (unpaired) electrons. The van der Waals surface area contributed by atoms with E-state index in [-0.39, 0.29) is 24.5 Å². The van der Waals surface area contributed by atoms with Crippen molar-refractivity contribution >= 4 is 29.2 Å². The van der Waals surface area contributed by atoms with Crippen LogP contribution in [0.15, 0.2) is 24.3 Å². The number of amides is 3. The van der Waals surface area contributed by atoms with Gasteiger partial charge < -0.3 is 10.2 Å². The largest absolute Gasteiger partial charge is 0.352 e. The number of nitrogens with one attached hydrogen (secondary N) is 1. The number of nitrogens with zero attached hydrogens (tertiary/aromatic N) is 2. The molecule has 21 heavy (non-hydrogen) atoms. The second-order valence-corrected chi connectivity index (χ2v) is 5.65. The number of carbonyl (C=O) groups excluding carboxylic acids is 2. The summed E-state index contributed by atoms with van der Waals surface area (Å²) in [7, 11) is 0. The first-order valence-corrected chi connectivity index (χ1v) is 7.50. The van der Waals surface area contributed by atoms with Gasteiger partial charge in [-0.25, -0.2) is 4.79 Å². The topological polar surface area (TPSA) is 52.7 Å². The molecule has 6 heteroatoms. The van der Waals surface area contributed by atoms with Crippen molar-refractivity contribution in [2.24, 2.45) is 0 Å². The number of carbonyl (C=O) groups is 2. The summed E-state index contributed by atoms with van der Waals surface area (Å²) in [6, 6.07) is 7.14. The third-order valence-electron chi connectivity index (χ3n) is 3.57. The van der Waals surface area contributed by atoms with Crippen LogP contribution in [0.4, 0.5) is 10.5 Å². The molecule has 114 valence electrons. The fourth-order valence-electron chi connectivity index (χ4n) is 2.21. The number of urea groups is 1. The number of hydrogen-bond donors (Lipinski definition) is 1. The molecule has 1 fully saturated rings. The predicted molar refractivity (Wildman–Crippen MR) is 83.7 cm³/mol. The molecule has 0 saturated carbocycles. The van der Waals surface area contributed by atoms with E-state index in [4.69, 9.17) is 11.6 Å². The van der Waals surface area contributed by atoms with E-state index >= 15 is 0 Å². The fraction of sp³-hybridized carbons (Fsp3) is 0.467. The molecular weight excluding hydrogens is 290 g/mol. The van der Waals surface area contributed by atoms with Crippen LogP contribution in [0.2, 0.25) is 5.02 Å². The third-order valence-corrected chi connectivity index (χ3v) is 3.80. The van der Waals surface area contributed by atoms with Crippen LogP contribution in [0.3, 0.4) is 0 Å². The third kappa shape index (κ3) is 3.88. The lowest BCUT2D eigenvalue weighted by Crippen LogP contribution is -2.42. The van der Waals surface area contributed by atoms with E-state index in [1.54, 1.807) is 21.9 Å². The molecule has 0 aliphatic carbocycles. The smallest absolute Gasteiger partial charge is 0.325 e. The Hall–Kier alpha value is -1.75. The van der Waals surface area contributed by atoms with Gasteiger partial charge in [-0.3, -0.25) is 9.69 Å². The van der Waals surface area contributed by atoms with Gasteiger partial charge in [0.1, 0.15) is 6.54 Å². The summed E-state index contributed by atoms with van der Waals surface area (Å²) in [5.74, 6) is -0.120. The summed E-state index contributed by atoms with van der Waals surface area (Å²) in [6.07, 6.45) is 0.869. The molecule has 1 aromatic rings. The molecular formula is C15H20ClN3O2. The minimum atomic E-state index is -0.156. The Morgan fingerprint density at radius 3 is 2.86 bits per heavy atom. The van der Waals surface area contributed by atoms with Gasteiger partial charge in [-0.15, -0.1) is 0 Å². The predicted octanol–water partition coefficient (Wildman–Crippen LogP) is 2.50. The Labute approximate surface area is 129 Å². The first kappa shape index (κ1) is 15.6. The maximum absolute atomic E-state index is 12.3. The zero-order valence-electron chi connectivity index (χ0n) is 12.3. The van der Waals surface area contributed by atoms with Crippen molar-refractivity contribution in [3.63, 3.8) is 0 Å². The molecule has 1 saturated heterocycles. The molecule has 1 aliphatic rings. The van der Waals surface area contributed by atoms with Crippen LogP contribution in [-0.4, -0.2) is 42.5 Å². The van der Waals surface area contributed by atoms with Crippen molar-refractivity contribution in [2.75, 3.05) is 24.5 Å². The molecule has 1 heterocycles. The summed E-state index contributed by atoms with van der Waals surface area (Å²) >= 11 is 5.95. The minimum absolute atomic E-state index is 0.0975. The Kier molecular flexibility index (Phi) is 5.07. The van der Waals surface area contributed by atoms with Gasteiger partial charge in [0.05, 0.1) is 0 Å². The number of halogens is 1. The second kappa shape index (κ2) is 6.80. The molecule has 2 rings (SSSR count). The average Bonchev–Trinajstić information content (AvgIpc) is 2.80. The van der Waals surface area contributed by atoms with Crippen LogP contribution >= 0.6 is 11.6 Å². The van der Waals surface area contributed by atoms with Crippen LogP contribution in [0.1, 0.15) is 20.3 Å². The zero-order chi connectivity index (χ0) is 15.4. The molecule has 0 aromatic heterocycles. The van der Waals surface area contributed by atoms with Crippen molar-refractivity contribution in [3.8, 4) is 0 Å². The monoisotopic (exact) mass is 309 g/mol. The normalized spacial score (nSPS) is 16.2. The van der Waals surface area contributed by atoms with E-state index in [1.165, 1.54) is 0 Å². The van der Waals surface area contributed by atoms with Gasteiger partial charge in [0.15, 0.2) is 0 Å². The van der Waals surface area contributed by atoms with Crippen molar-refractivity contribution < 1.29 is 9.59 Å². The molecule has 1 atom stereocenters. The summed E-state index contributed by atoms with van der Waals surface area (Å²) in [6.45, 7) is 5.16. The van der Waals surface area contributed by atoms with E-state index < -0.39 is 0 Å². The Bertz CT molecular complexity index is 535. The van der Waals surface area contributed by atoms with Crippen LogP contribution in [-0.2, 0) is 4.79 Å². The van der Waals surface area contributed by atoms with E-state index in [2.05, 4.69) is 5.32 Å². The molecule has 3 amide bonds. The first-order chi connectivity index (χ1) is 10.0. The van der Waals surface area contributed by atoms with Gasteiger partial charge >= 0.3 is 6.03 Å². The molecule has 1 aliphatic heterocycles. The number of rotatable bonds is 5. The molecule has 0 spiro atoms. The fourth-order valence-corrected chi connectivity index (χ4v) is 2.39. The Morgan fingerprint density at radius 2 is 2.19 bits per heavy atom. The van der Waals surface area contributed by atoms with Gasteiger partial charge in [-0.1, -0.05) is 24.6 Å².